The van der Waals surface area contributed by atoms with Crippen LogP contribution in [0.5, 0.6) is 46.0 Å². The summed E-state index contributed by atoms with van der Waals surface area (Å²) in [6, 6.07) is -12.4. The largest absolute Gasteiger partial charge is 0.493 e. The Bertz CT molecular complexity index is 6030. The SMILES string of the molecule is C.C.[2H]c1c2c(c([2H])c(OC([2H])([2H])[2H])c1OC([2H])([2H])[2H])C1CC(=O)C(C([2H])([2H])C([2H])(C([2H])([2H])[2H])C([2H])([2H])C)C([2H])([2H])N1CC2.[2H]c1c2c(c([2H])c(OC([2H])([2H])[2H])c1OC([2H])([2H])[2H])C1CC(=O)C(CC(C)C)C([2H])([2H])N1CC2.[2H]c1c2c(c([2H])c(OC([2H])([2H])[2H])c1OC([2H])([2H])[2H])C1N(CC2)C([2H])([2H])C([2H])(C([2H])([2H])C([2H])(C([2H])([2H])[2H])C([2H])([2H])C)C(=O)C1([2H])[2H].[2H]c1c2c(c([2H])c(OC([2H])([2H])[2H])c1OC([2H])([2H])[2H])C1N(CC2)C([2H])([2H])C([2H])(CC(C)C)C(=O)C1([2H])[2H]. The van der Waals surface area contributed by atoms with E-state index in [0.717, 1.165) is 9.80 Å². The number of methoxy groups -OCH3 is 8. The zero-order chi connectivity index (χ0) is 121. The van der Waals surface area contributed by atoms with Gasteiger partial charge < -0.3 is 37.9 Å². The number of Topliss-reactive ketones (excluding diaryl/α,β-unsaturated/α-hetero) is 4. The molecule has 8 aliphatic heterocycles. The van der Waals surface area contributed by atoms with Gasteiger partial charge in [0.1, 0.15) is 23.1 Å². The van der Waals surface area contributed by atoms with E-state index >= 15 is 0 Å². The fourth-order valence-corrected chi connectivity index (χ4v) is 11.6. The van der Waals surface area contributed by atoms with Crippen LogP contribution in [0.2, 0.25) is 0 Å². The predicted molar refractivity (Wildman–Crippen MR) is 383 cm³/mol. The van der Waals surface area contributed by atoms with Gasteiger partial charge in [0.25, 0.3) is 0 Å². The highest BCUT2D eigenvalue weighted by Crippen LogP contribution is 2.48. The first kappa shape index (κ1) is 28.4. The molecule has 0 saturated carbocycles. The van der Waals surface area contributed by atoms with Crippen molar-refractivity contribution >= 4 is 23.1 Å². The van der Waals surface area contributed by atoms with Gasteiger partial charge in [-0.3, -0.25) is 38.8 Å². The number of rotatable bonds is 18. The second kappa shape index (κ2) is 35.0. The molecule has 0 aliphatic carbocycles. The van der Waals surface area contributed by atoms with Gasteiger partial charge in [0.2, 0.25) is 0 Å². The Hall–Kier alpha value is -6.20. The third-order valence-corrected chi connectivity index (χ3v) is 16.0. The van der Waals surface area contributed by atoms with Gasteiger partial charge in [0, 0.05) is 167 Å². The highest BCUT2D eigenvalue weighted by atomic mass is 16.5. The summed E-state index contributed by atoms with van der Waals surface area (Å²) in [5, 5.41) is 0. The van der Waals surface area contributed by atoms with E-state index in [0.29, 0.717) is 25.2 Å². The Balaban J connectivity index is 0.000000284. The quantitative estimate of drug-likeness (QED) is 0.0926. The summed E-state index contributed by atoms with van der Waals surface area (Å²) < 4.78 is 538. The Labute approximate surface area is 664 Å². The number of ketones is 4. The lowest BCUT2D eigenvalue weighted by Crippen LogP contribution is -2.46. The van der Waals surface area contributed by atoms with E-state index in [2.05, 4.69) is 0 Å². The molecule has 0 amide bonds. The van der Waals surface area contributed by atoms with Crippen molar-refractivity contribution in [3.63, 3.8) is 0 Å². The number of carbonyl (C=O) groups is 4. The van der Waals surface area contributed by atoms with Gasteiger partial charge in [-0.25, -0.2) is 0 Å². The first-order valence-electron chi connectivity index (χ1n) is 60.5. The zero-order valence-electron chi connectivity index (χ0n) is 114. The lowest BCUT2D eigenvalue weighted by Gasteiger charge is -2.43. The lowest BCUT2D eigenvalue weighted by molar-refractivity contribution is -0.130. The van der Waals surface area contributed by atoms with Gasteiger partial charge in [-0.15, -0.1) is 0 Å². The van der Waals surface area contributed by atoms with Crippen LogP contribution >= 0.6 is 0 Å². The standard InChI is InChI=1S/2C20H29NO3.2C19H27NO3.2CH4/c2*1-5-13(2)8-15-12-21-7-6-14-9-19(23-3)20(24-4)10-16(14)17(21)11-18(15)22;2*1-12(2)7-14-11-20-6-5-13-8-18(22-3)19(23-4)9-15(13)16(20)10-17(14)21;;/h2*9-10,13,15,17H,5-8,11-12H2,1-4H3;2*8-9,12,14,16H,5-7,10-11H2,1-4H3;2*1H4/i2D3,3D3,4D3,5D2,8D2,9D,10D,11D2,12D2,13D,15D;2D3,3D3,4D3,5D2,8D2,9D,10D,12D2,13D;3D3,4D3,8D,9D,10D2,11D2,14D;3D3,4D3,8D,9D,11D2;;. The number of carbonyl (C=O) groups excluding carboxylic acids is 4. The normalized spacial score (nSPS) is 40.8. The van der Waals surface area contributed by atoms with Crippen LogP contribution in [0, 0.1) is 47.2 Å². The van der Waals surface area contributed by atoms with Crippen molar-refractivity contribution in [1.82, 2.24) is 19.6 Å². The highest BCUT2D eigenvalue weighted by molar-refractivity contribution is 5.85. The van der Waals surface area contributed by atoms with E-state index in [4.69, 9.17) is 123 Å². The van der Waals surface area contributed by atoms with Gasteiger partial charge >= 0.3 is 0 Å². The number of ether oxygens (including phenoxy) is 8. The number of hydrogen-bond acceptors (Lipinski definition) is 16. The predicted octanol–water partition coefficient (Wildman–Crippen LogP) is 15.0. The molecule has 0 spiro atoms. The number of fused-ring (bicyclic) bond motifs is 12. The molecule has 4 aromatic rings. The van der Waals surface area contributed by atoms with Crippen molar-refractivity contribution in [1.29, 1.82) is 0 Å². The minimum absolute atomic E-state index is 0. The van der Waals surface area contributed by atoms with Crippen LogP contribution in [-0.2, 0) is 44.9 Å². The van der Waals surface area contributed by atoms with E-state index in [1.165, 1.54) is 4.90 Å². The maximum atomic E-state index is 14.0. The summed E-state index contributed by atoms with van der Waals surface area (Å²) >= 11 is 0. The smallest absolute Gasteiger partial charge is 0.161 e. The van der Waals surface area contributed by atoms with E-state index in [9.17, 15) is 19.2 Å². The lowest BCUT2D eigenvalue weighted by atomic mass is 9.79. The molecule has 532 valence electrons. The summed E-state index contributed by atoms with van der Waals surface area (Å²) in [6.07, 6.45) is -22.7. The Kier molecular flexibility index (Phi) is 10.4. The molecule has 0 bridgehead atoms. The van der Waals surface area contributed by atoms with Crippen molar-refractivity contribution in [2.45, 2.75) is 184 Å². The second-order valence-corrected chi connectivity index (χ2v) is 23.0. The summed E-state index contributed by atoms with van der Waals surface area (Å²) in [6.45, 7) is -12.0. The number of piperidine rings is 4. The molecule has 0 radical (unpaired) electrons. The molecule has 4 fully saturated rings. The third kappa shape index (κ3) is 17.6. The van der Waals surface area contributed by atoms with Gasteiger partial charge in [-0.2, -0.15) is 0 Å². The number of hydrogen-bond donors (Lipinski definition) is 0. The van der Waals surface area contributed by atoms with Crippen molar-refractivity contribution < 1.29 is 142 Å². The first-order chi connectivity index (χ1) is 69.1. The van der Waals surface area contributed by atoms with Crippen molar-refractivity contribution in [3.8, 4) is 46.0 Å². The minimum atomic E-state index is -4.29. The van der Waals surface area contributed by atoms with Crippen LogP contribution < -0.4 is 37.9 Å². The maximum absolute atomic E-state index is 14.0. The number of benzene rings is 4. The van der Waals surface area contributed by atoms with Gasteiger partial charge in [0.05, 0.1) is 100 Å². The molecule has 96 heavy (non-hydrogen) atoms. The fourth-order valence-electron chi connectivity index (χ4n) is 11.6. The molecule has 8 aliphatic rings. The van der Waals surface area contributed by atoms with Gasteiger partial charge in [-0.1, -0.05) is 82.8 Å². The Morgan fingerprint density at radius 1 is 0.448 bits per heavy atom. The average Bonchev–Trinajstić information content (AvgIpc) is 0.618. The Morgan fingerprint density at radius 2 is 0.760 bits per heavy atom. The topological polar surface area (TPSA) is 155 Å². The summed E-state index contributed by atoms with van der Waals surface area (Å²) in [4.78, 5) is 57.7. The summed E-state index contributed by atoms with van der Waals surface area (Å²) in [5.74, 6) is -30.3. The molecule has 16 nitrogen and oxygen atoms in total. The van der Waals surface area contributed by atoms with E-state index < -0.39 is 330 Å². The molecule has 4 saturated heterocycles. The van der Waals surface area contributed by atoms with E-state index in [1.54, 1.807) is 13.8 Å². The average molecular weight is 1390 g/mol. The molecular weight excluding hydrogens is 1210 g/mol. The minimum Gasteiger partial charge on any atom is -0.493 e. The molecule has 4 aromatic carbocycles. The van der Waals surface area contributed by atoms with Crippen LogP contribution in [0.15, 0.2) is 48.3 Å². The van der Waals surface area contributed by atoms with E-state index in [1.807, 2.05) is 13.8 Å². The van der Waals surface area contributed by atoms with Crippen LogP contribution in [0.25, 0.3) is 0 Å². The van der Waals surface area contributed by atoms with Crippen LogP contribution in [-0.4, -0.2) is 151 Å². The highest BCUT2D eigenvalue weighted by Gasteiger charge is 2.43. The molecule has 8 heterocycles. The van der Waals surface area contributed by atoms with E-state index in [-0.39, 0.29) is 123 Å². The van der Waals surface area contributed by atoms with Crippen molar-refractivity contribution in [3.05, 3.63) is 92.8 Å². The van der Waals surface area contributed by atoms with Gasteiger partial charge in [0.15, 0.2) is 46.0 Å². The molecule has 0 aromatic heterocycles. The van der Waals surface area contributed by atoms with Crippen molar-refractivity contribution in [2.24, 2.45) is 47.2 Å². The van der Waals surface area contributed by atoms with Gasteiger partial charge in [-0.05, 0) is 168 Å². The second-order valence-electron chi connectivity index (χ2n) is 23.0. The molecule has 16 heteroatoms. The van der Waals surface area contributed by atoms with Crippen LogP contribution in [0.4, 0.5) is 0 Å². The molecular formula is C80H120N4O12. The fraction of sp³-hybridized carbons (Fsp3) is 0.650. The third-order valence-electron chi connectivity index (χ3n) is 16.0. The van der Waals surface area contributed by atoms with Crippen LogP contribution in [0.1, 0.15) is 288 Å². The molecule has 12 rings (SSSR count). The monoisotopic (exact) mass is 1390 g/mol. The maximum Gasteiger partial charge on any atom is 0.161 e. The summed E-state index contributed by atoms with van der Waals surface area (Å²) in [7, 11) is -25.6. The molecule has 10 unspecified atom stereocenters. The van der Waals surface area contributed by atoms with Crippen molar-refractivity contribution in [2.75, 3.05) is 108 Å². The number of nitrogens with zero attached hydrogens (tertiary/aromatic N) is 4. The first-order valence-corrected chi connectivity index (χ1v) is 29.5. The van der Waals surface area contributed by atoms with Crippen LogP contribution in [0.3, 0.4) is 0 Å². The molecule has 0 N–H and O–H groups in total. The molecule has 10 atom stereocenters. The summed E-state index contributed by atoms with van der Waals surface area (Å²) in [5.41, 5.74) is -1.60. The zero-order valence-corrected chi connectivity index (χ0v) is 51.8. The Morgan fingerprint density at radius 3 is 1.11 bits per heavy atom.